The highest BCUT2D eigenvalue weighted by atomic mass is 35.5. The van der Waals surface area contributed by atoms with Gasteiger partial charge in [0.15, 0.2) is 0 Å². The molecule has 0 radical (unpaired) electrons. The van der Waals surface area contributed by atoms with E-state index in [9.17, 15) is 18.3 Å². The number of aliphatic carboxylic acids is 1. The highest BCUT2D eigenvalue weighted by Crippen LogP contribution is 2.19. The van der Waals surface area contributed by atoms with Gasteiger partial charge in [-0.25, -0.2) is 19.4 Å². The van der Waals surface area contributed by atoms with Crippen molar-refractivity contribution in [1.82, 2.24) is 19.7 Å². The van der Waals surface area contributed by atoms with E-state index in [2.05, 4.69) is 25.7 Å². The predicted octanol–water partition coefficient (Wildman–Crippen LogP) is 4.13. The predicted molar refractivity (Wildman–Crippen MR) is 121 cm³/mol. The van der Waals surface area contributed by atoms with Crippen molar-refractivity contribution in [3.8, 4) is 5.69 Å². The second kappa shape index (κ2) is 12.8. The molecular weight excluding hydrogens is 477 g/mol. The molecule has 13 heteroatoms. The Morgan fingerprint density at radius 2 is 1.82 bits per heavy atom. The summed E-state index contributed by atoms with van der Waals surface area (Å²) in [5.74, 6) is -1.33. The van der Waals surface area contributed by atoms with Crippen LogP contribution in [0.1, 0.15) is 25.5 Å². The summed E-state index contributed by atoms with van der Waals surface area (Å²) < 4.78 is 33.5. The van der Waals surface area contributed by atoms with Crippen LogP contribution in [0.2, 0.25) is 5.02 Å². The van der Waals surface area contributed by atoms with Gasteiger partial charge >= 0.3 is 12.1 Å². The molecule has 0 aliphatic heterocycles. The largest absolute Gasteiger partial charge is 0.490 e. The van der Waals surface area contributed by atoms with Crippen molar-refractivity contribution in [3.05, 3.63) is 59.6 Å². The fourth-order valence-corrected chi connectivity index (χ4v) is 2.75. The summed E-state index contributed by atoms with van der Waals surface area (Å²) in [6.07, 6.45) is -0.555. The second-order valence-electron chi connectivity index (χ2n) is 6.93. The lowest BCUT2D eigenvalue weighted by Crippen LogP contribution is -2.21. The van der Waals surface area contributed by atoms with Gasteiger partial charge in [-0.1, -0.05) is 30.7 Å². The minimum Gasteiger partial charge on any atom is -0.475 e. The number of aromatic nitrogens is 4. The summed E-state index contributed by atoms with van der Waals surface area (Å²) in [5.41, 5.74) is 1.71. The van der Waals surface area contributed by atoms with E-state index < -0.39 is 12.1 Å². The van der Waals surface area contributed by atoms with E-state index in [1.807, 2.05) is 49.5 Å². The number of carboxylic acids is 1. The van der Waals surface area contributed by atoms with Crippen LogP contribution < -0.4 is 10.6 Å². The van der Waals surface area contributed by atoms with Crippen molar-refractivity contribution in [3.63, 3.8) is 0 Å². The summed E-state index contributed by atoms with van der Waals surface area (Å²) in [5, 5.41) is 28.4. The van der Waals surface area contributed by atoms with Crippen molar-refractivity contribution < 1.29 is 28.2 Å². The lowest BCUT2D eigenvalue weighted by atomic mass is 10.2. The summed E-state index contributed by atoms with van der Waals surface area (Å²) >= 11 is 6.21. The molecule has 34 heavy (non-hydrogen) atoms. The Morgan fingerprint density at radius 1 is 1.18 bits per heavy atom. The first-order valence-electron chi connectivity index (χ1n) is 10.2. The smallest absolute Gasteiger partial charge is 0.475 e. The zero-order valence-electron chi connectivity index (χ0n) is 18.1. The molecule has 0 saturated heterocycles. The Bertz CT molecular complexity index is 1060. The van der Waals surface area contributed by atoms with Gasteiger partial charge in [-0.3, -0.25) is 0 Å². The van der Waals surface area contributed by atoms with E-state index in [0.29, 0.717) is 30.4 Å². The van der Waals surface area contributed by atoms with Crippen LogP contribution in [0, 0.1) is 0 Å². The number of hydrogen-bond acceptors (Lipinski definition) is 7. The van der Waals surface area contributed by atoms with Crippen LogP contribution in [-0.2, 0) is 11.3 Å². The zero-order chi connectivity index (χ0) is 25.1. The number of para-hydroxylation sites is 1. The quantitative estimate of drug-likeness (QED) is 0.345. The molecule has 9 nitrogen and oxygen atoms in total. The monoisotopic (exact) mass is 500 g/mol. The normalized spacial score (nSPS) is 11.8. The highest BCUT2D eigenvalue weighted by molar-refractivity contribution is 6.32. The lowest BCUT2D eigenvalue weighted by molar-refractivity contribution is -0.192. The van der Waals surface area contributed by atoms with Crippen LogP contribution in [0.5, 0.6) is 0 Å². The molecule has 2 heterocycles. The van der Waals surface area contributed by atoms with Gasteiger partial charge in [0.1, 0.15) is 18.0 Å². The third-order valence-corrected chi connectivity index (χ3v) is 4.68. The molecule has 0 fully saturated rings. The van der Waals surface area contributed by atoms with E-state index in [4.69, 9.17) is 21.5 Å². The number of benzene rings is 1. The Hall–Kier alpha value is -3.38. The van der Waals surface area contributed by atoms with Gasteiger partial charge in [0.2, 0.25) is 0 Å². The van der Waals surface area contributed by atoms with Gasteiger partial charge in [-0.15, -0.1) is 0 Å². The SMILES string of the molecule is CCC(O)CCNc1cc(NCc2ccn(-c3ccccc3Cl)n2)ncn1.O=C(O)C(F)(F)F. The Labute approximate surface area is 198 Å². The van der Waals surface area contributed by atoms with Crippen molar-refractivity contribution in [1.29, 1.82) is 0 Å². The molecule has 0 aliphatic carbocycles. The van der Waals surface area contributed by atoms with Gasteiger partial charge in [0.05, 0.1) is 29.1 Å². The van der Waals surface area contributed by atoms with E-state index in [-0.39, 0.29) is 6.10 Å². The zero-order valence-corrected chi connectivity index (χ0v) is 18.9. The van der Waals surface area contributed by atoms with Crippen LogP contribution >= 0.6 is 11.6 Å². The molecule has 0 bridgehead atoms. The molecule has 1 aromatic carbocycles. The average Bonchev–Trinajstić information content (AvgIpc) is 3.27. The molecule has 2 aromatic heterocycles. The maximum absolute atomic E-state index is 10.6. The fraction of sp³-hybridized carbons (Fsp3) is 0.333. The minimum absolute atomic E-state index is 0.287. The molecule has 184 valence electrons. The number of halogens is 4. The number of carbonyl (C=O) groups is 1. The molecule has 0 aliphatic rings. The highest BCUT2D eigenvalue weighted by Gasteiger charge is 2.38. The number of anilines is 2. The molecule has 1 unspecified atom stereocenters. The summed E-state index contributed by atoms with van der Waals surface area (Å²) in [7, 11) is 0. The van der Waals surface area contributed by atoms with Gasteiger partial charge in [0.25, 0.3) is 0 Å². The third kappa shape index (κ3) is 8.87. The van der Waals surface area contributed by atoms with Gasteiger partial charge < -0.3 is 20.8 Å². The standard InChI is InChI=1S/C19H23ClN6O.C2HF3O2/c1-2-15(27)7-9-21-18-11-19(24-13-23-18)22-12-14-8-10-26(25-14)17-6-4-3-5-16(17)20;3-2(4,5)1(6)7/h3-6,8,10-11,13,15,27H,2,7,9,12H2,1H3,(H2,21,22,23,24);(H,6,7). The van der Waals surface area contributed by atoms with Crippen LogP contribution in [0.3, 0.4) is 0 Å². The van der Waals surface area contributed by atoms with Crippen LogP contribution in [0.4, 0.5) is 24.8 Å². The van der Waals surface area contributed by atoms with E-state index in [0.717, 1.165) is 23.6 Å². The number of nitrogens with one attached hydrogen (secondary N) is 2. The third-order valence-electron chi connectivity index (χ3n) is 4.36. The van der Waals surface area contributed by atoms with E-state index in [1.165, 1.54) is 6.33 Å². The maximum atomic E-state index is 10.6. The first kappa shape index (κ1) is 26.9. The molecule has 3 aromatic rings. The Balaban J connectivity index is 0.000000509. The van der Waals surface area contributed by atoms with Crippen LogP contribution in [0.25, 0.3) is 5.69 Å². The number of alkyl halides is 3. The van der Waals surface area contributed by atoms with Crippen molar-refractivity contribution in [2.24, 2.45) is 0 Å². The van der Waals surface area contributed by atoms with E-state index >= 15 is 0 Å². The molecule has 3 rings (SSSR count). The topological polar surface area (TPSA) is 125 Å². The van der Waals surface area contributed by atoms with Crippen molar-refractivity contribution in [2.75, 3.05) is 17.2 Å². The first-order chi connectivity index (χ1) is 16.1. The number of rotatable bonds is 9. The van der Waals surface area contributed by atoms with E-state index in [1.54, 1.807) is 4.68 Å². The number of aliphatic hydroxyl groups is 1. The first-order valence-corrected chi connectivity index (χ1v) is 10.5. The molecule has 0 saturated carbocycles. The van der Waals surface area contributed by atoms with Crippen LogP contribution in [-0.4, -0.2) is 54.8 Å². The van der Waals surface area contributed by atoms with Crippen molar-refractivity contribution >= 4 is 29.2 Å². The lowest BCUT2D eigenvalue weighted by Gasteiger charge is -2.10. The Kier molecular flexibility index (Phi) is 10.1. The molecule has 4 N–H and O–H groups in total. The molecule has 1 atom stereocenters. The summed E-state index contributed by atoms with van der Waals surface area (Å²) in [4.78, 5) is 17.3. The van der Waals surface area contributed by atoms with Crippen molar-refractivity contribution in [2.45, 2.75) is 38.6 Å². The Morgan fingerprint density at radius 3 is 2.44 bits per heavy atom. The molecule has 0 amide bonds. The minimum atomic E-state index is -5.08. The fourth-order valence-electron chi connectivity index (χ4n) is 2.53. The number of carboxylic acid groups (broad SMARTS) is 1. The number of hydrogen-bond donors (Lipinski definition) is 4. The summed E-state index contributed by atoms with van der Waals surface area (Å²) in [6, 6.07) is 11.3. The number of nitrogens with zero attached hydrogens (tertiary/aromatic N) is 4. The average molecular weight is 501 g/mol. The van der Waals surface area contributed by atoms with Gasteiger partial charge in [0, 0.05) is 18.8 Å². The molecular formula is C21H24ClF3N6O3. The van der Waals surface area contributed by atoms with Crippen LogP contribution in [0.15, 0.2) is 48.9 Å². The number of aliphatic hydroxyl groups excluding tert-OH is 1. The van der Waals surface area contributed by atoms with Gasteiger partial charge in [-0.2, -0.15) is 18.3 Å². The molecule has 0 spiro atoms. The van der Waals surface area contributed by atoms with Gasteiger partial charge in [-0.05, 0) is 31.0 Å². The summed E-state index contributed by atoms with van der Waals surface area (Å²) in [6.45, 7) is 3.15. The maximum Gasteiger partial charge on any atom is 0.490 e. The second-order valence-corrected chi connectivity index (χ2v) is 7.33.